The van der Waals surface area contributed by atoms with E-state index in [1.807, 2.05) is 42.5 Å². The molecule has 0 aromatic heterocycles. The van der Waals surface area contributed by atoms with Crippen molar-refractivity contribution in [1.82, 2.24) is 0 Å². The molecule has 2 aromatic rings. The Kier molecular flexibility index (Phi) is 4.55. The van der Waals surface area contributed by atoms with E-state index in [0.717, 1.165) is 16.7 Å². The average Bonchev–Trinajstić information content (AvgIpc) is 2.49. The monoisotopic (exact) mass is 272 g/mol. The van der Waals surface area contributed by atoms with Gasteiger partial charge in [-0.1, -0.05) is 54.6 Å². The lowest BCUT2D eigenvalue weighted by molar-refractivity contribution is -0.213. The third-order valence-electron chi connectivity index (χ3n) is 3.46. The van der Waals surface area contributed by atoms with Gasteiger partial charge >= 0.3 is 0 Å². The molecule has 1 unspecified atom stereocenters. The number of hydrogen-bond donors (Lipinski definition) is 1. The summed E-state index contributed by atoms with van der Waals surface area (Å²) in [5, 5.41) is 10.6. The molecular weight excluding hydrogens is 252 g/mol. The molecule has 0 saturated carbocycles. The van der Waals surface area contributed by atoms with Gasteiger partial charge in [-0.25, -0.2) is 0 Å². The Morgan fingerprint density at radius 1 is 0.850 bits per heavy atom. The van der Waals surface area contributed by atoms with Crippen LogP contribution in [0.3, 0.4) is 0 Å². The zero-order valence-electron chi connectivity index (χ0n) is 12.0. The van der Waals surface area contributed by atoms with Crippen LogP contribution in [0.25, 0.3) is 11.1 Å². The van der Waals surface area contributed by atoms with Crippen LogP contribution in [-0.4, -0.2) is 25.6 Å². The summed E-state index contributed by atoms with van der Waals surface area (Å²) in [5.74, 6) is 0. The molecule has 0 fully saturated rings. The zero-order valence-corrected chi connectivity index (χ0v) is 12.0. The van der Waals surface area contributed by atoms with Gasteiger partial charge in [-0.05, 0) is 23.6 Å². The predicted octanol–water partition coefficient (Wildman–Crippen LogP) is 3.18. The van der Waals surface area contributed by atoms with E-state index in [1.165, 1.54) is 14.2 Å². The first kappa shape index (κ1) is 14.7. The molecule has 20 heavy (non-hydrogen) atoms. The summed E-state index contributed by atoms with van der Waals surface area (Å²) in [6.45, 7) is 1.68. The quantitative estimate of drug-likeness (QED) is 0.850. The van der Waals surface area contributed by atoms with E-state index < -0.39 is 11.9 Å². The summed E-state index contributed by atoms with van der Waals surface area (Å²) in [6, 6.07) is 17.9. The molecule has 0 aliphatic carbocycles. The van der Waals surface area contributed by atoms with E-state index in [2.05, 4.69) is 12.1 Å². The van der Waals surface area contributed by atoms with Crippen LogP contribution in [0.15, 0.2) is 54.6 Å². The fourth-order valence-corrected chi connectivity index (χ4v) is 2.32. The second-order valence-electron chi connectivity index (χ2n) is 4.89. The van der Waals surface area contributed by atoms with Crippen LogP contribution in [0.1, 0.15) is 12.5 Å². The van der Waals surface area contributed by atoms with Crippen molar-refractivity contribution in [2.24, 2.45) is 0 Å². The topological polar surface area (TPSA) is 38.7 Å². The van der Waals surface area contributed by atoms with E-state index in [-0.39, 0.29) is 0 Å². The molecular formula is C17H20O3. The van der Waals surface area contributed by atoms with Gasteiger partial charge in [-0.2, -0.15) is 0 Å². The van der Waals surface area contributed by atoms with Gasteiger partial charge in [0.2, 0.25) is 0 Å². The Bertz CT molecular complexity index is 528. The molecule has 1 atom stereocenters. The standard InChI is InChI=1S/C17H20O3/c1-17(18,16(19-2)20-3)15-11-9-14(10-12-15)13-7-5-4-6-8-13/h4-12,16,18H,1-3H3. The number of benzene rings is 2. The highest BCUT2D eigenvalue weighted by molar-refractivity contribution is 5.63. The van der Waals surface area contributed by atoms with Crippen molar-refractivity contribution in [3.8, 4) is 11.1 Å². The van der Waals surface area contributed by atoms with Crippen LogP contribution < -0.4 is 0 Å². The van der Waals surface area contributed by atoms with Crippen molar-refractivity contribution in [3.05, 3.63) is 60.2 Å². The van der Waals surface area contributed by atoms with Crippen LogP contribution in [-0.2, 0) is 15.1 Å². The lowest BCUT2D eigenvalue weighted by Crippen LogP contribution is -2.39. The summed E-state index contributed by atoms with van der Waals surface area (Å²) in [6.07, 6.45) is -0.704. The minimum atomic E-state index is -1.20. The highest BCUT2D eigenvalue weighted by atomic mass is 16.7. The second kappa shape index (κ2) is 6.18. The van der Waals surface area contributed by atoms with E-state index in [1.54, 1.807) is 6.92 Å². The van der Waals surface area contributed by atoms with Crippen molar-refractivity contribution in [2.75, 3.05) is 14.2 Å². The van der Waals surface area contributed by atoms with Crippen molar-refractivity contribution >= 4 is 0 Å². The van der Waals surface area contributed by atoms with Gasteiger partial charge in [0.25, 0.3) is 0 Å². The molecule has 0 radical (unpaired) electrons. The highest BCUT2D eigenvalue weighted by Gasteiger charge is 2.34. The van der Waals surface area contributed by atoms with Gasteiger partial charge < -0.3 is 14.6 Å². The van der Waals surface area contributed by atoms with Gasteiger partial charge in [0.15, 0.2) is 6.29 Å². The number of aliphatic hydroxyl groups is 1. The third-order valence-corrected chi connectivity index (χ3v) is 3.46. The lowest BCUT2D eigenvalue weighted by Gasteiger charge is -2.31. The number of methoxy groups -OCH3 is 2. The molecule has 0 saturated heterocycles. The normalized spacial score (nSPS) is 14.2. The maximum absolute atomic E-state index is 10.6. The molecule has 2 rings (SSSR count). The Morgan fingerprint density at radius 3 is 1.85 bits per heavy atom. The lowest BCUT2D eigenvalue weighted by atomic mass is 9.93. The first-order valence-electron chi connectivity index (χ1n) is 6.53. The Hall–Kier alpha value is -1.68. The number of ether oxygens (including phenoxy) is 2. The zero-order chi connectivity index (χ0) is 14.6. The SMILES string of the molecule is COC(OC)C(C)(O)c1ccc(-c2ccccc2)cc1. The highest BCUT2D eigenvalue weighted by Crippen LogP contribution is 2.29. The smallest absolute Gasteiger partial charge is 0.189 e. The second-order valence-corrected chi connectivity index (χ2v) is 4.89. The van der Waals surface area contributed by atoms with Crippen molar-refractivity contribution < 1.29 is 14.6 Å². The molecule has 0 heterocycles. The van der Waals surface area contributed by atoms with E-state index >= 15 is 0 Å². The molecule has 3 nitrogen and oxygen atoms in total. The maximum atomic E-state index is 10.6. The van der Waals surface area contributed by atoms with Crippen molar-refractivity contribution in [1.29, 1.82) is 0 Å². The van der Waals surface area contributed by atoms with Gasteiger partial charge in [-0.3, -0.25) is 0 Å². The van der Waals surface area contributed by atoms with E-state index in [9.17, 15) is 5.11 Å². The molecule has 106 valence electrons. The summed E-state index contributed by atoms with van der Waals surface area (Å²) in [4.78, 5) is 0. The summed E-state index contributed by atoms with van der Waals surface area (Å²) in [5.41, 5.74) is 1.81. The van der Waals surface area contributed by atoms with Crippen molar-refractivity contribution in [3.63, 3.8) is 0 Å². The molecule has 2 aromatic carbocycles. The largest absolute Gasteiger partial charge is 0.380 e. The molecule has 0 aliphatic heterocycles. The van der Waals surface area contributed by atoms with Crippen LogP contribution in [0.2, 0.25) is 0 Å². The van der Waals surface area contributed by atoms with Gasteiger partial charge in [-0.15, -0.1) is 0 Å². The van der Waals surface area contributed by atoms with E-state index in [4.69, 9.17) is 9.47 Å². The van der Waals surface area contributed by atoms with Crippen LogP contribution in [0.5, 0.6) is 0 Å². The summed E-state index contributed by atoms with van der Waals surface area (Å²) in [7, 11) is 3.03. The number of hydrogen-bond acceptors (Lipinski definition) is 3. The van der Waals surface area contributed by atoms with Gasteiger partial charge in [0.05, 0.1) is 0 Å². The van der Waals surface area contributed by atoms with Gasteiger partial charge in [0.1, 0.15) is 5.60 Å². The molecule has 1 N–H and O–H groups in total. The Labute approximate surface area is 119 Å². The fourth-order valence-electron chi connectivity index (χ4n) is 2.32. The van der Waals surface area contributed by atoms with Gasteiger partial charge in [0, 0.05) is 14.2 Å². The molecule has 0 aliphatic rings. The molecule has 0 spiro atoms. The third kappa shape index (κ3) is 2.90. The fraction of sp³-hybridized carbons (Fsp3) is 0.294. The van der Waals surface area contributed by atoms with E-state index in [0.29, 0.717) is 0 Å². The average molecular weight is 272 g/mol. The molecule has 0 bridgehead atoms. The first-order valence-corrected chi connectivity index (χ1v) is 6.53. The minimum Gasteiger partial charge on any atom is -0.380 e. The van der Waals surface area contributed by atoms with Crippen LogP contribution >= 0.6 is 0 Å². The Balaban J connectivity index is 2.28. The van der Waals surface area contributed by atoms with Crippen LogP contribution in [0.4, 0.5) is 0 Å². The maximum Gasteiger partial charge on any atom is 0.189 e. The summed E-state index contributed by atoms with van der Waals surface area (Å²) >= 11 is 0. The molecule has 3 heteroatoms. The van der Waals surface area contributed by atoms with Crippen LogP contribution in [0, 0.1) is 0 Å². The minimum absolute atomic E-state index is 0.704. The number of rotatable bonds is 5. The van der Waals surface area contributed by atoms with Crippen molar-refractivity contribution in [2.45, 2.75) is 18.8 Å². The predicted molar refractivity (Wildman–Crippen MR) is 79.3 cm³/mol. The molecule has 0 amide bonds. The first-order chi connectivity index (χ1) is 9.59. The summed E-state index contributed by atoms with van der Waals surface area (Å²) < 4.78 is 10.3. The Morgan fingerprint density at radius 2 is 1.35 bits per heavy atom.